The summed E-state index contributed by atoms with van der Waals surface area (Å²) in [5.41, 5.74) is 0. The van der Waals surface area contributed by atoms with Gasteiger partial charge in [0.2, 0.25) is 11.9 Å². The normalized spacial score (nSPS) is 10.2. The molecule has 7 heteroatoms. The second-order valence-electron chi connectivity index (χ2n) is 4.24. The maximum Gasteiger partial charge on any atom is 0.241 e. The van der Waals surface area contributed by atoms with Crippen molar-refractivity contribution in [3.05, 3.63) is 12.0 Å². The molecule has 0 aliphatic heterocycles. The van der Waals surface area contributed by atoms with Crippen molar-refractivity contribution in [2.45, 2.75) is 27.2 Å². The molecule has 0 aliphatic carbocycles. The lowest BCUT2D eigenvalue weighted by Crippen LogP contribution is -2.35. The number of amides is 1. The summed E-state index contributed by atoms with van der Waals surface area (Å²) in [4.78, 5) is 21.3. The Balaban J connectivity index is 2.64. The lowest BCUT2D eigenvalue weighted by molar-refractivity contribution is -0.128. The summed E-state index contributed by atoms with van der Waals surface area (Å²) in [7, 11) is 0. The minimum absolute atomic E-state index is 0.0167. The number of carbonyl (C=O) groups is 1. The van der Waals surface area contributed by atoms with Crippen LogP contribution in [0.2, 0.25) is 0 Å². The molecule has 1 aromatic rings. The summed E-state index contributed by atoms with van der Waals surface area (Å²) in [5.74, 6) is -0.263. The summed E-state index contributed by atoms with van der Waals surface area (Å²) >= 11 is 0. The zero-order chi connectivity index (χ0) is 15.0. The van der Waals surface area contributed by atoms with Crippen molar-refractivity contribution in [1.29, 1.82) is 0 Å². The fourth-order valence-corrected chi connectivity index (χ4v) is 1.66. The Labute approximate surface area is 118 Å². The first kappa shape index (κ1) is 16.1. The number of nitrogens with one attached hydrogen (secondary N) is 2. The van der Waals surface area contributed by atoms with Gasteiger partial charge in [-0.25, -0.2) is 9.37 Å². The van der Waals surface area contributed by atoms with Gasteiger partial charge in [-0.05, 0) is 20.3 Å². The van der Waals surface area contributed by atoms with Crippen LogP contribution in [0.4, 0.5) is 16.2 Å². The van der Waals surface area contributed by atoms with Gasteiger partial charge in [0.1, 0.15) is 0 Å². The van der Waals surface area contributed by atoms with Crippen LogP contribution in [0.1, 0.15) is 27.2 Å². The molecule has 1 amide bonds. The molecule has 0 atom stereocenters. The number of halogens is 1. The third-order valence-corrected chi connectivity index (χ3v) is 2.80. The Morgan fingerprint density at radius 1 is 1.30 bits per heavy atom. The van der Waals surface area contributed by atoms with Crippen molar-refractivity contribution in [2.75, 3.05) is 36.8 Å². The quantitative estimate of drug-likeness (QED) is 0.760. The van der Waals surface area contributed by atoms with Crippen molar-refractivity contribution < 1.29 is 9.18 Å². The molecule has 6 nitrogen and oxygen atoms in total. The second kappa shape index (κ2) is 8.29. The number of rotatable bonds is 8. The van der Waals surface area contributed by atoms with Crippen LogP contribution in [-0.2, 0) is 4.79 Å². The standard InChI is InChI=1S/C13H22FN5O/c1-4-7-15-13-17-8-10(14)12(18-13)16-9-11(20)19(5-2)6-3/h8H,4-7,9H2,1-3H3,(H2,15,16,17,18). The van der Waals surface area contributed by atoms with Crippen LogP contribution in [0.3, 0.4) is 0 Å². The van der Waals surface area contributed by atoms with Gasteiger partial charge in [-0.3, -0.25) is 4.79 Å². The maximum absolute atomic E-state index is 13.6. The molecule has 1 heterocycles. The molecule has 0 saturated heterocycles. The molecular weight excluding hydrogens is 261 g/mol. The number of nitrogens with zero attached hydrogens (tertiary/aromatic N) is 3. The number of aromatic nitrogens is 2. The number of hydrogen-bond donors (Lipinski definition) is 2. The van der Waals surface area contributed by atoms with Gasteiger partial charge in [0.15, 0.2) is 11.6 Å². The summed E-state index contributed by atoms with van der Waals surface area (Å²) < 4.78 is 13.6. The molecule has 0 unspecified atom stereocenters. The third-order valence-electron chi connectivity index (χ3n) is 2.80. The Hall–Kier alpha value is -1.92. The van der Waals surface area contributed by atoms with E-state index in [9.17, 15) is 9.18 Å². The van der Waals surface area contributed by atoms with Crippen molar-refractivity contribution in [3.8, 4) is 0 Å². The number of anilines is 2. The first-order valence-electron chi connectivity index (χ1n) is 6.90. The summed E-state index contributed by atoms with van der Waals surface area (Å²) in [6, 6.07) is 0. The zero-order valence-electron chi connectivity index (χ0n) is 12.2. The van der Waals surface area contributed by atoms with E-state index in [1.807, 2.05) is 20.8 Å². The number of carbonyl (C=O) groups excluding carboxylic acids is 1. The molecule has 1 rings (SSSR count). The van der Waals surface area contributed by atoms with E-state index in [4.69, 9.17) is 0 Å². The van der Waals surface area contributed by atoms with E-state index in [1.54, 1.807) is 4.90 Å². The Bertz CT molecular complexity index is 437. The highest BCUT2D eigenvalue weighted by atomic mass is 19.1. The highest BCUT2D eigenvalue weighted by molar-refractivity contribution is 5.80. The van der Waals surface area contributed by atoms with Gasteiger partial charge in [-0.15, -0.1) is 0 Å². The van der Waals surface area contributed by atoms with E-state index in [0.29, 0.717) is 25.6 Å². The van der Waals surface area contributed by atoms with E-state index in [2.05, 4.69) is 20.6 Å². The van der Waals surface area contributed by atoms with Crippen LogP contribution in [0, 0.1) is 5.82 Å². The van der Waals surface area contributed by atoms with Crippen LogP contribution in [0.15, 0.2) is 6.20 Å². The van der Waals surface area contributed by atoms with Crippen molar-refractivity contribution in [3.63, 3.8) is 0 Å². The summed E-state index contributed by atoms with van der Waals surface area (Å²) in [6.07, 6.45) is 2.01. The van der Waals surface area contributed by atoms with Gasteiger partial charge in [0, 0.05) is 19.6 Å². The van der Waals surface area contributed by atoms with Gasteiger partial charge >= 0.3 is 0 Å². The van der Waals surface area contributed by atoms with Crippen LogP contribution < -0.4 is 10.6 Å². The van der Waals surface area contributed by atoms with Gasteiger partial charge in [0.25, 0.3) is 0 Å². The van der Waals surface area contributed by atoms with Gasteiger partial charge in [-0.1, -0.05) is 6.92 Å². The minimum atomic E-state index is -0.570. The van der Waals surface area contributed by atoms with Crippen molar-refractivity contribution >= 4 is 17.7 Å². The van der Waals surface area contributed by atoms with Crippen LogP contribution in [-0.4, -0.2) is 47.0 Å². The third kappa shape index (κ3) is 4.64. The molecule has 0 radical (unpaired) electrons. The monoisotopic (exact) mass is 283 g/mol. The number of hydrogen-bond acceptors (Lipinski definition) is 5. The highest BCUT2D eigenvalue weighted by Gasteiger charge is 2.12. The first-order valence-corrected chi connectivity index (χ1v) is 6.90. The molecule has 0 fully saturated rings. The molecule has 1 aromatic heterocycles. The van der Waals surface area contributed by atoms with E-state index >= 15 is 0 Å². The Morgan fingerprint density at radius 3 is 2.60 bits per heavy atom. The molecule has 0 saturated carbocycles. The van der Waals surface area contributed by atoms with Crippen molar-refractivity contribution in [2.24, 2.45) is 0 Å². The molecule has 0 spiro atoms. The Kier molecular flexibility index (Phi) is 6.69. The molecule has 0 bridgehead atoms. The lowest BCUT2D eigenvalue weighted by atomic mass is 10.4. The molecule has 112 valence electrons. The number of likely N-dealkylation sites (N-methyl/N-ethyl adjacent to an activating group) is 1. The highest BCUT2D eigenvalue weighted by Crippen LogP contribution is 2.11. The first-order chi connectivity index (χ1) is 9.62. The summed E-state index contributed by atoms with van der Waals surface area (Å²) in [5, 5.41) is 5.69. The van der Waals surface area contributed by atoms with Gasteiger partial charge < -0.3 is 15.5 Å². The fraction of sp³-hybridized carbons (Fsp3) is 0.615. The SMILES string of the molecule is CCCNc1ncc(F)c(NCC(=O)N(CC)CC)n1. The maximum atomic E-state index is 13.6. The average Bonchev–Trinajstić information content (AvgIpc) is 2.46. The van der Waals surface area contributed by atoms with E-state index in [1.165, 1.54) is 0 Å². The largest absolute Gasteiger partial charge is 0.358 e. The fourth-order valence-electron chi connectivity index (χ4n) is 1.66. The van der Waals surface area contributed by atoms with Crippen LogP contribution in [0.25, 0.3) is 0 Å². The van der Waals surface area contributed by atoms with E-state index in [0.717, 1.165) is 12.6 Å². The minimum Gasteiger partial charge on any atom is -0.358 e. The van der Waals surface area contributed by atoms with Crippen molar-refractivity contribution in [1.82, 2.24) is 14.9 Å². The smallest absolute Gasteiger partial charge is 0.241 e. The summed E-state index contributed by atoms with van der Waals surface area (Å²) in [6.45, 7) is 7.81. The molecule has 0 aliphatic rings. The lowest BCUT2D eigenvalue weighted by Gasteiger charge is -2.19. The van der Waals surface area contributed by atoms with Gasteiger partial charge in [-0.2, -0.15) is 4.98 Å². The van der Waals surface area contributed by atoms with Crippen LogP contribution in [0.5, 0.6) is 0 Å². The van der Waals surface area contributed by atoms with Crippen LogP contribution >= 0.6 is 0 Å². The zero-order valence-corrected chi connectivity index (χ0v) is 12.2. The predicted octanol–water partition coefficient (Wildman–Crippen LogP) is 1.72. The molecule has 20 heavy (non-hydrogen) atoms. The predicted molar refractivity (Wildman–Crippen MR) is 77.2 cm³/mol. The Morgan fingerprint density at radius 2 is 2.00 bits per heavy atom. The molecule has 0 aromatic carbocycles. The van der Waals surface area contributed by atoms with Gasteiger partial charge in [0.05, 0.1) is 12.7 Å². The molecular formula is C13H22FN5O. The average molecular weight is 283 g/mol. The van der Waals surface area contributed by atoms with E-state index in [-0.39, 0.29) is 18.3 Å². The second-order valence-corrected chi connectivity index (χ2v) is 4.24. The van der Waals surface area contributed by atoms with E-state index < -0.39 is 5.82 Å². The topological polar surface area (TPSA) is 70.2 Å². The molecule has 2 N–H and O–H groups in total.